The number of fused-ring (bicyclic) bond motifs is 7. The van der Waals surface area contributed by atoms with Gasteiger partial charge >= 0.3 is 0 Å². The summed E-state index contributed by atoms with van der Waals surface area (Å²) in [7, 11) is -2.88. The van der Waals surface area contributed by atoms with Crippen molar-refractivity contribution in [2.45, 2.75) is 12.3 Å². The Morgan fingerprint density at radius 2 is 1.18 bits per heavy atom. The van der Waals surface area contributed by atoms with E-state index in [-0.39, 0.29) is 5.92 Å². The van der Waals surface area contributed by atoms with Crippen LogP contribution in [0, 0.1) is 0 Å². The van der Waals surface area contributed by atoms with Gasteiger partial charge in [0, 0.05) is 35.9 Å². The van der Waals surface area contributed by atoms with Gasteiger partial charge in [-0.05, 0) is 68.3 Å². The van der Waals surface area contributed by atoms with Gasteiger partial charge in [0.25, 0.3) is 0 Å². The van der Waals surface area contributed by atoms with Crippen LogP contribution in [0.15, 0.2) is 181 Å². The van der Waals surface area contributed by atoms with Crippen LogP contribution in [0.2, 0.25) is 0 Å². The van der Waals surface area contributed by atoms with Crippen LogP contribution in [-0.2, 0) is 0 Å². The van der Waals surface area contributed by atoms with Gasteiger partial charge < -0.3 is 9.47 Å². The first-order valence-electron chi connectivity index (χ1n) is 17.3. The number of hydrogen-bond acceptors (Lipinski definition) is 5. The van der Waals surface area contributed by atoms with E-state index in [4.69, 9.17) is 19.4 Å². The molecule has 1 spiro atoms. The maximum atomic E-state index is 6.94. The maximum Gasteiger partial charge on any atom is 0.196 e. The van der Waals surface area contributed by atoms with Crippen LogP contribution >= 0.6 is 0 Å². The average Bonchev–Trinajstić information content (AvgIpc) is 3.21. The van der Waals surface area contributed by atoms with E-state index in [1.165, 1.54) is 20.8 Å². The van der Waals surface area contributed by atoms with E-state index in [0.717, 1.165) is 62.5 Å². The highest BCUT2D eigenvalue weighted by molar-refractivity contribution is 7.18. The molecule has 0 fully saturated rings. The van der Waals surface area contributed by atoms with Crippen molar-refractivity contribution < 1.29 is 9.47 Å². The topological polar surface area (TPSA) is 57.1 Å². The minimum absolute atomic E-state index is 0.00314. The standard InChI is InChI=1S/C45H31N3O2Si/c1-3-11-31(12-4-1)35-29-36(48-45(47-35)32-13-5-2-6-14-32)34-20-22-44-40(28-34)50-38-16-8-10-18-42(38)51(44)41-17-9-7-15-37(41)49-39-27-33(19-21-43(39)51)30-23-25-46-26-24-30/h1-27,29,34H,28H2. The normalized spacial score (nSPS) is 18.2. The van der Waals surface area contributed by atoms with Gasteiger partial charge in [-0.1, -0.05) is 121 Å². The van der Waals surface area contributed by atoms with Crippen molar-refractivity contribution in [2.75, 3.05) is 0 Å². The summed E-state index contributed by atoms with van der Waals surface area (Å²) in [6, 6.07) is 50.7. The van der Waals surface area contributed by atoms with E-state index in [9.17, 15) is 0 Å². The second-order valence-corrected chi connectivity index (χ2v) is 16.8. The Kier molecular flexibility index (Phi) is 6.89. The molecule has 0 radical (unpaired) electrons. The number of ether oxygens (including phenoxy) is 2. The summed E-state index contributed by atoms with van der Waals surface area (Å²) in [5.41, 5.74) is 6.14. The number of hydrogen-bond donors (Lipinski definition) is 0. The zero-order valence-corrected chi connectivity index (χ0v) is 28.6. The number of para-hydroxylation sites is 2. The molecule has 5 nitrogen and oxygen atoms in total. The fourth-order valence-corrected chi connectivity index (χ4v) is 13.1. The molecule has 2 atom stereocenters. The lowest BCUT2D eigenvalue weighted by Gasteiger charge is -2.45. The summed E-state index contributed by atoms with van der Waals surface area (Å²) < 4.78 is 13.7. The highest BCUT2D eigenvalue weighted by atomic mass is 28.3. The van der Waals surface area contributed by atoms with E-state index in [1.807, 2.05) is 48.8 Å². The molecule has 1 aliphatic carbocycles. The van der Waals surface area contributed by atoms with Gasteiger partial charge in [0.05, 0.1) is 11.4 Å². The quantitative estimate of drug-likeness (QED) is 0.176. The number of allylic oxidation sites excluding steroid dienone is 4. The Labute approximate surface area is 297 Å². The van der Waals surface area contributed by atoms with E-state index in [2.05, 4.69) is 126 Å². The Morgan fingerprint density at radius 3 is 1.92 bits per heavy atom. The van der Waals surface area contributed by atoms with Crippen molar-refractivity contribution in [1.29, 1.82) is 0 Å². The van der Waals surface area contributed by atoms with E-state index in [0.29, 0.717) is 6.42 Å². The third-order valence-electron chi connectivity index (χ3n) is 10.3. The van der Waals surface area contributed by atoms with Crippen LogP contribution in [0.3, 0.4) is 0 Å². The molecule has 6 heteroatoms. The largest absolute Gasteiger partial charge is 0.462 e. The minimum Gasteiger partial charge on any atom is -0.462 e. The molecule has 2 aliphatic heterocycles. The van der Waals surface area contributed by atoms with Crippen molar-refractivity contribution >= 4 is 23.6 Å². The van der Waals surface area contributed by atoms with Gasteiger partial charge in [0.15, 0.2) is 13.9 Å². The lowest BCUT2D eigenvalue weighted by atomic mass is 9.94. The summed E-state index contributed by atoms with van der Waals surface area (Å²) in [5, 5.41) is 4.96. The smallest absolute Gasteiger partial charge is 0.196 e. The first kappa shape index (κ1) is 29.5. The fourth-order valence-electron chi connectivity index (χ4n) is 7.94. The highest BCUT2D eigenvalue weighted by Gasteiger charge is 2.54. The van der Waals surface area contributed by atoms with Crippen LogP contribution in [0.1, 0.15) is 18.0 Å². The van der Waals surface area contributed by atoms with E-state index >= 15 is 0 Å². The summed E-state index contributed by atoms with van der Waals surface area (Å²) >= 11 is 0. The molecule has 51 heavy (non-hydrogen) atoms. The molecular formula is C45H31N3O2Si. The Morgan fingerprint density at radius 1 is 0.529 bits per heavy atom. The molecule has 7 aromatic rings. The van der Waals surface area contributed by atoms with Crippen molar-refractivity contribution in [3.8, 4) is 51.0 Å². The molecule has 0 bridgehead atoms. The van der Waals surface area contributed by atoms with Crippen LogP contribution < -0.4 is 25.0 Å². The maximum absolute atomic E-state index is 6.94. The molecule has 5 aromatic carbocycles. The van der Waals surface area contributed by atoms with Gasteiger partial charge in [0.1, 0.15) is 23.0 Å². The van der Waals surface area contributed by atoms with Crippen LogP contribution in [-0.4, -0.2) is 23.0 Å². The van der Waals surface area contributed by atoms with Gasteiger partial charge in [-0.3, -0.25) is 4.98 Å². The molecule has 2 aromatic heterocycles. The van der Waals surface area contributed by atoms with E-state index < -0.39 is 8.07 Å². The van der Waals surface area contributed by atoms with Gasteiger partial charge in [-0.25, -0.2) is 9.97 Å². The Hall–Kier alpha value is -6.37. The molecule has 0 N–H and O–H groups in total. The minimum atomic E-state index is -2.88. The highest BCUT2D eigenvalue weighted by Crippen LogP contribution is 2.44. The van der Waals surface area contributed by atoms with Crippen molar-refractivity contribution in [1.82, 2.24) is 15.0 Å². The molecule has 0 saturated carbocycles. The molecule has 3 aliphatic rings. The third-order valence-corrected chi connectivity index (χ3v) is 15.2. The number of nitrogens with zero attached hydrogens (tertiary/aromatic N) is 3. The van der Waals surface area contributed by atoms with Crippen molar-refractivity contribution in [3.05, 3.63) is 187 Å². The molecule has 10 rings (SSSR count). The van der Waals surface area contributed by atoms with Gasteiger partial charge in [-0.15, -0.1) is 0 Å². The van der Waals surface area contributed by atoms with Gasteiger partial charge in [0.2, 0.25) is 0 Å². The average molecular weight is 674 g/mol. The second-order valence-electron chi connectivity index (χ2n) is 13.1. The zero-order chi connectivity index (χ0) is 33.8. The number of rotatable bonds is 4. The van der Waals surface area contributed by atoms with Crippen LogP contribution in [0.4, 0.5) is 0 Å². The van der Waals surface area contributed by atoms with Crippen molar-refractivity contribution in [2.24, 2.45) is 0 Å². The molecule has 0 saturated heterocycles. The van der Waals surface area contributed by atoms with E-state index in [1.54, 1.807) is 0 Å². The molecule has 242 valence electrons. The summed E-state index contributed by atoms with van der Waals surface area (Å²) in [4.78, 5) is 14.5. The predicted octanol–water partition coefficient (Wildman–Crippen LogP) is 8.38. The number of aromatic nitrogens is 3. The predicted molar refractivity (Wildman–Crippen MR) is 204 cm³/mol. The lowest BCUT2D eigenvalue weighted by molar-refractivity contribution is 0.391. The molecule has 4 heterocycles. The molecule has 2 unspecified atom stereocenters. The molecule has 0 amide bonds. The Balaban J connectivity index is 1.15. The Bertz CT molecular complexity index is 2460. The summed E-state index contributed by atoms with van der Waals surface area (Å²) in [6.07, 6.45) is 9.02. The second kappa shape index (κ2) is 11.9. The van der Waals surface area contributed by atoms with Crippen molar-refractivity contribution in [3.63, 3.8) is 0 Å². The SMILES string of the molecule is C1=CC(c2cc(-c3ccccc3)nc(-c3ccccc3)n2)CC2=C1[Si]1(c3ccccc3O2)c2ccccc2Oc2cc(-c3ccncc3)ccc21. The summed E-state index contributed by atoms with van der Waals surface area (Å²) in [6.45, 7) is 0. The zero-order valence-electron chi connectivity index (χ0n) is 27.6. The lowest BCUT2D eigenvalue weighted by Crippen LogP contribution is -2.72. The first-order valence-corrected chi connectivity index (χ1v) is 19.3. The van der Waals surface area contributed by atoms with Crippen LogP contribution in [0.5, 0.6) is 17.2 Å². The summed E-state index contributed by atoms with van der Waals surface area (Å²) in [5.74, 6) is 4.42. The monoisotopic (exact) mass is 673 g/mol. The van der Waals surface area contributed by atoms with Gasteiger partial charge in [-0.2, -0.15) is 0 Å². The molecular weight excluding hydrogens is 643 g/mol. The number of pyridine rings is 1. The van der Waals surface area contributed by atoms with Crippen LogP contribution in [0.25, 0.3) is 33.8 Å². The first-order chi connectivity index (χ1) is 25.3. The fraction of sp³-hybridized carbons (Fsp3) is 0.0444. The number of benzene rings is 5. The third kappa shape index (κ3) is 4.79.